The summed E-state index contributed by atoms with van der Waals surface area (Å²) < 4.78 is 0. The molecular formula is C33H25N. The molecule has 0 N–H and O–H groups in total. The van der Waals surface area contributed by atoms with E-state index in [1.165, 1.54) is 49.0 Å². The molecule has 0 saturated heterocycles. The fourth-order valence-corrected chi connectivity index (χ4v) is 4.75. The topological polar surface area (TPSA) is 12.4 Å². The van der Waals surface area contributed by atoms with Crippen molar-refractivity contribution in [2.75, 3.05) is 0 Å². The molecule has 0 fully saturated rings. The molecule has 6 aromatic carbocycles. The highest BCUT2D eigenvalue weighted by atomic mass is 14.8. The Kier molecular flexibility index (Phi) is 5.37. The lowest BCUT2D eigenvalue weighted by molar-refractivity contribution is 0.878. The van der Waals surface area contributed by atoms with Gasteiger partial charge in [0.25, 0.3) is 0 Å². The third kappa shape index (κ3) is 4.09. The van der Waals surface area contributed by atoms with Crippen LogP contribution in [0, 0.1) is 0 Å². The maximum absolute atomic E-state index is 5.13. The molecule has 0 bridgehead atoms. The van der Waals surface area contributed by atoms with Crippen molar-refractivity contribution in [2.24, 2.45) is 4.99 Å². The second kappa shape index (κ2) is 8.96. The third-order valence-corrected chi connectivity index (χ3v) is 6.57. The van der Waals surface area contributed by atoms with Crippen molar-refractivity contribution in [3.8, 4) is 0 Å². The number of hydrogen-bond acceptors (Lipinski definition) is 1. The first-order valence-corrected chi connectivity index (χ1v) is 11.8. The van der Waals surface area contributed by atoms with Crippen LogP contribution in [0.3, 0.4) is 0 Å². The highest BCUT2D eigenvalue weighted by molar-refractivity contribution is 5.85. The largest absolute Gasteiger partial charge is 0.284 e. The molecule has 0 radical (unpaired) electrons. The lowest BCUT2D eigenvalue weighted by atomic mass is 9.95. The van der Waals surface area contributed by atoms with Crippen LogP contribution in [0.15, 0.2) is 132 Å². The van der Waals surface area contributed by atoms with Crippen molar-refractivity contribution >= 4 is 38.5 Å². The molecule has 162 valence electrons. The van der Waals surface area contributed by atoms with Gasteiger partial charge in [-0.1, -0.05) is 115 Å². The summed E-state index contributed by atoms with van der Waals surface area (Å²) in [5.74, 6) is 0. The molecule has 0 aliphatic heterocycles. The Morgan fingerprint density at radius 2 is 0.912 bits per heavy atom. The van der Waals surface area contributed by atoms with Gasteiger partial charge in [-0.15, -0.1) is 0 Å². The van der Waals surface area contributed by atoms with E-state index in [9.17, 15) is 0 Å². The summed E-state index contributed by atoms with van der Waals surface area (Å²) in [5.41, 5.74) is 3.70. The fourth-order valence-electron chi connectivity index (χ4n) is 4.75. The minimum absolute atomic E-state index is 0.0466. The van der Waals surface area contributed by atoms with E-state index in [-0.39, 0.29) is 6.04 Å². The van der Waals surface area contributed by atoms with Crippen LogP contribution >= 0.6 is 0 Å². The van der Waals surface area contributed by atoms with Gasteiger partial charge < -0.3 is 0 Å². The molecule has 0 amide bonds. The number of rotatable bonds is 5. The molecule has 6 rings (SSSR count). The van der Waals surface area contributed by atoms with E-state index in [4.69, 9.17) is 4.99 Å². The quantitative estimate of drug-likeness (QED) is 0.241. The molecule has 0 aliphatic rings. The fraction of sp³-hybridized carbons (Fsp3) is 0.0606. The molecule has 6 aromatic rings. The van der Waals surface area contributed by atoms with Crippen molar-refractivity contribution in [3.63, 3.8) is 0 Å². The first-order chi connectivity index (χ1) is 16.8. The van der Waals surface area contributed by atoms with Gasteiger partial charge in [0.2, 0.25) is 0 Å². The van der Waals surface area contributed by atoms with E-state index in [2.05, 4.69) is 134 Å². The minimum atomic E-state index is -0.0466. The van der Waals surface area contributed by atoms with E-state index in [0.29, 0.717) is 0 Å². The molecule has 0 aromatic heterocycles. The summed E-state index contributed by atoms with van der Waals surface area (Å²) in [6, 6.07) is 45.6. The van der Waals surface area contributed by atoms with Gasteiger partial charge in [-0.25, -0.2) is 0 Å². The van der Waals surface area contributed by atoms with Crippen LogP contribution in [-0.2, 0) is 6.42 Å². The monoisotopic (exact) mass is 435 g/mol. The Balaban J connectivity index is 1.38. The van der Waals surface area contributed by atoms with Gasteiger partial charge in [0.15, 0.2) is 0 Å². The molecule has 0 spiro atoms. The molecular weight excluding hydrogens is 410 g/mol. The average Bonchev–Trinajstić information content (AvgIpc) is 2.90. The Bertz CT molecular complexity index is 1560. The van der Waals surface area contributed by atoms with Crippen molar-refractivity contribution < 1.29 is 0 Å². The standard InChI is InChI=1S/C33H25N/c1-4-10-28-21-24(13-14-25(28)7-1)19-20-34-33(31-17-15-26-8-2-5-11-29(26)22-31)32-18-16-27-9-3-6-12-30(27)23-32/h1-18,20-23,33H,19H2. The van der Waals surface area contributed by atoms with E-state index in [0.717, 1.165) is 6.42 Å². The Morgan fingerprint density at radius 1 is 0.471 bits per heavy atom. The van der Waals surface area contributed by atoms with Crippen molar-refractivity contribution in [1.29, 1.82) is 0 Å². The van der Waals surface area contributed by atoms with Crippen LogP contribution in [0.5, 0.6) is 0 Å². The molecule has 0 unspecified atom stereocenters. The van der Waals surface area contributed by atoms with Gasteiger partial charge in [-0.3, -0.25) is 4.99 Å². The predicted octanol–water partition coefficient (Wildman–Crippen LogP) is 8.55. The van der Waals surface area contributed by atoms with Gasteiger partial charge in [-0.2, -0.15) is 0 Å². The zero-order valence-electron chi connectivity index (χ0n) is 18.9. The van der Waals surface area contributed by atoms with Crippen LogP contribution in [-0.4, -0.2) is 6.21 Å². The normalized spacial score (nSPS) is 11.8. The Morgan fingerprint density at radius 3 is 1.44 bits per heavy atom. The average molecular weight is 436 g/mol. The lowest BCUT2D eigenvalue weighted by Gasteiger charge is -2.16. The van der Waals surface area contributed by atoms with Crippen molar-refractivity contribution in [1.82, 2.24) is 0 Å². The zero-order chi connectivity index (χ0) is 22.7. The molecule has 1 heteroatoms. The second-order valence-electron chi connectivity index (χ2n) is 8.83. The smallest absolute Gasteiger partial charge is 0.0996 e. The summed E-state index contributed by atoms with van der Waals surface area (Å²) in [5, 5.41) is 7.54. The summed E-state index contributed by atoms with van der Waals surface area (Å²) >= 11 is 0. The van der Waals surface area contributed by atoms with Gasteiger partial charge >= 0.3 is 0 Å². The second-order valence-corrected chi connectivity index (χ2v) is 8.83. The van der Waals surface area contributed by atoms with Gasteiger partial charge in [0, 0.05) is 12.6 Å². The van der Waals surface area contributed by atoms with Gasteiger partial charge in [0.05, 0.1) is 6.04 Å². The highest BCUT2D eigenvalue weighted by Crippen LogP contribution is 2.31. The van der Waals surface area contributed by atoms with E-state index < -0.39 is 0 Å². The number of hydrogen-bond donors (Lipinski definition) is 0. The molecule has 1 nitrogen and oxygen atoms in total. The molecule has 34 heavy (non-hydrogen) atoms. The van der Waals surface area contributed by atoms with Crippen molar-refractivity contribution in [2.45, 2.75) is 12.5 Å². The van der Waals surface area contributed by atoms with Crippen LogP contribution in [0.4, 0.5) is 0 Å². The predicted molar refractivity (Wildman–Crippen MR) is 146 cm³/mol. The lowest BCUT2D eigenvalue weighted by Crippen LogP contribution is -2.00. The highest BCUT2D eigenvalue weighted by Gasteiger charge is 2.14. The molecule has 0 atom stereocenters. The number of fused-ring (bicyclic) bond motifs is 3. The number of nitrogens with zero attached hydrogens (tertiary/aromatic N) is 1. The van der Waals surface area contributed by atoms with E-state index in [1.54, 1.807) is 0 Å². The first kappa shape index (κ1) is 20.4. The first-order valence-electron chi connectivity index (χ1n) is 11.8. The van der Waals surface area contributed by atoms with Crippen LogP contribution in [0.1, 0.15) is 22.7 Å². The SMILES string of the molecule is C(Cc1ccc2ccccc2c1)=NC(c1ccc2ccccc2c1)c1ccc2ccccc2c1. The number of benzene rings is 6. The third-order valence-electron chi connectivity index (χ3n) is 6.57. The minimum Gasteiger partial charge on any atom is -0.284 e. The Labute approximate surface area is 200 Å². The van der Waals surface area contributed by atoms with Gasteiger partial charge in [0.1, 0.15) is 0 Å². The maximum Gasteiger partial charge on any atom is 0.0996 e. The molecule has 0 saturated carbocycles. The molecule has 0 aliphatic carbocycles. The van der Waals surface area contributed by atoms with E-state index in [1.807, 2.05) is 0 Å². The maximum atomic E-state index is 5.13. The summed E-state index contributed by atoms with van der Waals surface area (Å²) in [6.07, 6.45) is 2.89. The van der Waals surface area contributed by atoms with Crippen LogP contribution in [0.25, 0.3) is 32.3 Å². The number of aliphatic imine (C=N–C) groups is 1. The zero-order valence-corrected chi connectivity index (χ0v) is 18.9. The van der Waals surface area contributed by atoms with Gasteiger partial charge in [-0.05, 0) is 61.1 Å². The summed E-state index contributed by atoms with van der Waals surface area (Å²) in [4.78, 5) is 5.13. The van der Waals surface area contributed by atoms with E-state index >= 15 is 0 Å². The van der Waals surface area contributed by atoms with Crippen LogP contribution < -0.4 is 0 Å². The summed E-state index contributed by atoms with van der Waals surface area (Å²) in [7, 11) is 0. The van der Waals surface area contributed by atoms with Crippen molar-refractivity contribution in [3.05, 3.63) is 144 Å². The summed E-state index contributed by atoms with van der Waals surface area (Å²) in [6.45, 7) is 0. The van der Waals surface area contributed by atoms with Crippen LogP contribution in [0.2, 0.25) is 0 Å². The Hall–Kier alpha value is -4.23. The molecule has 0 heterocycles.